The van der Waals surface area contributed by atoms with Crippen LogP contribution in [-0.4, -0.2) is 29.4 Å². The molecule has 2 aromatic rings. The number of rotatable bonds is 12. The van der Waals surface area contributed by atoms with E-state index in [0.717, 1.165) is 24.8 Å². The van der Waals surface area contributed by atoms with E-state index in [4.69, 9.17) is 4.74 Å². The van der Waals surface area contributed by atoms with Crippen LogP contribution in [0.15, 0.2) is 60.7 Å². The average molecular weight is 523 g/mol. The van der Waals surface area contributed by atoms with E-state index >= 15 is 0 Å². The summed E-state index contributed by atoms with van der Waals surface area (Å²) in [7, 11) is 0. The smallest absolute Gasteiger partial charge is 0.307 e. The number of hydrogen-bond acceptors (Lipinski definition) is 4. The van der Waals surface area contributed by atoms with Gasteiger partial charge in [-0.3, -0.25) is 14.4 Å². The van der Waals surface area contributed by atoms with E-state index in [0.29, 0.717) is 6.42 Å². The molecule has 0 bridgehead atoms. The standard InChI is InChI=1S/C32H46N2O4/c1-8-26(24-19-13-10-14-20-24)33-30(37)28(31(2,3)4)34-29(36)25(22-27(35)38-32(5,6)7)21-15-18-23-16-11-9-12-17-23/h9-14,16-17,19-20,25-26,28H,8,15,18,21-22H2,1-7H3,(H,33,37)(H,34,36)/t25?,26-,28+/m0/s1. The zero-order valence-corrected chi connectivity index (χ0v) is 24.2. The van der Waals surface area contributed by atoms with Crippen LogP contribution in [0.2, 0.25) is 0 Å². The van der Waals surface area contributed by atoms with E-state index in [-0.39, 0.29) is 24.3 Å². The molecule has 2 amide bonds. The van der Waals surface area contributed by atoms with Crippen molar-refractivity contribution in [3.05, 3.63) is 71.8 Å². The van der Waals surface area contributed by atoms with Gasteiger partial charge < -0.3 is 15.4 Å². The molecule has 0 spiro atoms. The summed E-state index contributed by atoms with van der Waals surface area (Å²) >= 11 is 0. The molecule has 2 rings (SSSR count). The topological polar surface area (TPSA) is 84.5 Å². The molecule has 0 saturated heterocycles. The summed E-state index contributed by atoms with van der Waals surface area (Å²) in [5, 5.41) is 6.12. The van der Waals surface area contributed by atoms with Crippen LogP contribution in [0.3, 0.4) is 0 Å². The first-order chi connectivity index (χ1) is 17.8. The van der Waals surface area contributed by atoms with Crippen LogP contribution in [-0.2, 0) is 25.5 Å². The third-order valence-electron chi connectivity index (χ3n) is 6.41. The van der Waals surface area contributed by atoms with Crippen LogP contribution in [0, 0.1) is 11.3 Å². The van der Waals surface area contributed by atoms with Gasteiger partial charge in [0.25, 0.3) is 0 Å². The molecule has 6 nitrogen and oxygen atoms in total. The minimum Gasteiger partial charge on any atom is -0.460 e. The van der Waals surface area contributed by atoms with Crippen molar-refractivity contribution in [3.63, 3.8) is 0 Å². The lowest BCUT2D eigenvalue weighted by Crippen LogP contribution is -2.55. The van der Waals surface area contributed by atoms with Crippen molar-refractivity contribution >= 4 is 17.8 Å². The monoisotopic (exact) mass is 522 g/mol. The predicted octanol–water partition coefficient (Wildman–Crippen LogP) is 6.16. The first-order valence-corrected chi connectivity index (χ1v) is 13.7. The van der Waals surface area contributed by atoms with Crippen molar-refractivity contribution in [3.8, 4) is 0 Å². The highest BCUT2D eigenvalue weighted by Gasteiger charge is 2.36. The lowest BCUT2D eigenvalue weighted by atomic mass is 9.85. The van der Waals surface area contributed by atoms with Gasteiger partial charge >= 0.3 is 5.97 Å². The summed E-state index contributed by atoms with van der Waals surface area (Å²) in [6.45, 7) is 13.2. The predicted molar refractivity (Wildman–Crippen MR) is 152 cm³/mol. The molecule has 2 N–H and O–H groups in total. The Balaban J connectivity index is 2.17. The Kier molecular flexibility index (Phi) is 11.6. The van der Waals surface area contributed by atoms with E-state index in [9.17, 15) is 14.4 Å². The third-order valence-corrected chi connectivity index (χ3v) is 6.41. The Bertz CT molecular complexity index is 1020. The van der Waals surface area contributed by atoms with Gasteiger partial charge in [-0.05, 0) is 63.0 Å². The second kappa shape index (κ2) is 14.1. The van der Waals surface area contributed by atoms with Gasteiger partial charge in [-0.25, -0.2) is 0 Å². The number of esters is 1. The molecule has 0 fully saturated rings. The molecule has 1 unspecified atom stereocenters. The van der Waals surface area contributed by atoms with E-state index in [1.54, 1.807) is 0 Å². The summed E-state index contributed by atoms with van der Waals surface area (Å²) in [4.78, 5) is 39.7. The Morgan fingerprint density at radius 2 is 1.39 bits per heavy atom. The Labute approximate surface area is 228 Å². The molecule has 0 aliphatic rings. The van der Waals surface area contributed by atoms with Crippen molar-refractivity contribution in [2.24, 2.45) is 11.3 Å². The van der Waals surface area contributed by atoms with Gasteiger partial charge in [0.1, 0.15) is 11.6 Å². The first-order valence-electron chi connectivity index (χ1n) is 13.7. The van der Waals surface area contributed by atoms with Crippen molar-refractivity contribution in [2.75, 3.05) is 0 Å². The van der Waals surface area contributed by atoms with Crippen molar-refractivity contribution in [1.82, 2.24) is 10.6 Å². The minimum atomic E-state index is -0.761. The van der Waals surface area contributed by atoms with Crippen LogP contribution in [0.5, 0.6) is 0 Å². The molecule has 0 heterocycles. The second-order valence-electron chi connectivity index (χ2n) is 12.1. The molecular formula is C32H46N2O4. The number of carbonyl (C=O) groups excluding carboxylic acids is 3. The van der Waals surface area contributed by atoms with Crippen molar-refractivity contribution in [1.29, 1.82) is 0 Å². The highest BCUT2D eigenvalue weighted by molar-refractivity contribution is 5.90. The zero-order valence-electron chi connectivity index (χ0n) is 24.2. The normalized spacial score (nSPS) is 14.2. The third kappa shape index (κ3) is 10.7. The molecule has 3 atom stereocenters. The molecule has 0 aromatic heterocycles. The minimum absolute atomic E-state index is 0.0298. The molecule has 208 valence electrons. The maximum atomic E-state index is 13.6. The van der Waals surface area contributed by atoms with E-state index < -0.39 is 28.9 Å². The van der Waals surface area contributed by atoms with Gasteiger partial charge in [0, 0.05) is 5.92 Å². The lowest BCUT2D eigenvalue weighted by molar-refractivity contribution is -0.157. The molecule has 0 aliphatic carbocycles. The van der Waals surface area contributed by atoms with Gasteiger partial charge in [-0.1, -0.05) is 88.4 Å². The first kappa shape index (κ1) is 31.1. The number of amides is 2. The molecule has 6 heteroatoms. The maximum absolute atomic E-state index is 13.6. The van der Waals surface area contributed by atoms with Crippen LogP contribution >= 0.6 is 0 Å². The molecular weight excluding hydrogens is 476 g/mol. The summed E-state index contributed by atoms with van der Waals surface area (Å²) in [6.07, 6.45) is 2.75. The van der Waals surface area contributed by atoms with E-state index in [1.165, 1.54) is 5.56 Å². The van der Waals surface area contributed by atoms with Crippen molar-refractivity contribution in [2.45, 2.75) is 98.3 Å². The fourth-order valence-corrected chi connectivity index (χ4v) is 4.40. The SMILES string of the molecule is CC[C@H](NC(=O)[C@@H](NC(=O)C(CCCc1ccccc1)CC(=O)OC(C)(C)C)C(C)(C)C)c1ccccc1. The largest absolute Gasteiger partial charge is 0.460 e. The van der Waals surface area contributed by atoms with Gasteiger partial charge in [0.2, 0.25) is 11.8 Å². The molecule has 0 aliphatic heterocycles. The number of benzene rings is 2. The van der Waals surface area contributed by atoms with Crippen molar-refractivity contribution < 1.29 is 19.1 Å². The van der Waals surface area contributed by atoms with E-state index in [2.05, 4.69) is 22.8 Å². The number of aryl methyl sites for hydroxylation is 1. The van der Waals surface area contributed by atoms with Gasteiger partial charge in [0.05, 0.1) is 12.5 Å². The van der Waals surface area contributed by atoms with Crippen LogP contribution in [0.25, 0.3) is 0 Å². The number of hydrogen-bond donors (Lipinski definition) is 2. The highest BCUT2D eigenvalue weighted by Crippen LogP contribution is 2.24. The average Bonchev–Trinajstić information content (AvgIpc) is 2.84. The van der Waals surface area contributed by atoms with Crippen LogP contribution in [0.1, 0.15) is 91.3 Å². The maximum Gasteiger partial charge on any atom is 0.307 e. The lowest BCUT2D eigenvalue weighted by Gasteiger charge is -2.33. The summed E-state index contributed by atoms with van der Waals surface area (Å²) in [5.74, 6) is -1.54. The molecule has 2 aromatic carbocycles. The fourth-order valence-electron chi connectivity index (χ4n) is 4.40. The zero-order chi connectivity index (χ0) is 28.3. The van der Waals surface area contributed by atoms with E-state index in [1.807, 2.05) is 97.0 Å². The highest BCUT2D eigenvalue weighted by atomic mass is 16.6. The molecule has 0 saturated carbocycles. The summed E-state index contributed by atoms with van der Waals surface area (Å²) in [5.41, 5.74) is 1.03. The molecule has 0 radical (unpaired) electrons. The van der Waals surface area contributed by atoms with Crippen LogP contribution < -0.4 is 10.6 Å². The number of carbonyl (C=O) groups is 3. The molecule has 38 heavy (non-hydrogen) atoms. The number of ether oxygens (including phenoxy) is 1. The van der Waals surface area contributed by atoms with Gasteiger partial charge in [-0.2, -0.15) is 0 Å². The summed E-state index contributed by atoms with van der Waals surface area (Å²) in [6, 6.07) is 19.0. The Morgan fingerprint density at radius 1 is 0.816 bits per heavy atom. The Morgan fingerprint density at radius 3 is 1.92 bits per heavy atom. The van der Waals surface area contributed by atoms with Crippen LogP contribution in [0.4, 0.5) is 0 Å². The quantitative estimate of drug-likeness (QED) is 0.327. The van der Waals surface area contributed by atoms with Gasteiger partial charge in [-0.15, -0.1) is 0 Å². The second-order valence-corrected chi connectivity index (χ2v) is 12.1. The fraction of sp³-hybridized carbons (Fsp3) is 0.531. The Hall–Kier alpha value is -3.15. The van der Waals surface area contributed by atoms with Gasteiger partial charge in [0.15, 0.2) is 0 Å². The number of nitrogens with one attached hydrogen (secondary N) is 2. The summed E-state index contributed by atoms with van der Waals surface area (Å²) < 4.78 is 5.52.